The number of nitrogens with one attached hydrogen (secondary N) is 1. The second-order valence-corrected chi connectivity index (χ2v) is 2.63. The van der Waals surface area contributed by atoms with Gasteiger partial charge in [0.1, 0.15) is 6.61 Å². The van der Waals surface area contributed by atoms with Crippen molar-refractivity contribution < 1.29 is 9.90 Å². The molecule has 0 radical (unpaired) electrons. The smallest absolute Gasteiger partial charge is 0.296 e. The maximum atomic E-state index is 11.0. The van der Waals surface area contributed by atoms with E-state index in [0.717, 1.165) is 5.56 Å². The number of carbonyl (C=O) groups is 1. The molecule has 0 heterocycles. The SMILES string of the molecule is O=C(C#CCO)NCc1ccccc1. The monoisotopic (exact) mass is 189 g/mol. The molecule has 0 atom stereocenters. The molecule has 1 amide bonds. The summed E-state index contributed by atoms with van der Waals surface area (Å²) < 4.78 is 0. The van der Waals surface area contributed by atoms with Crippen molar-refractivity contribution in [2.24, 2.45) is 0 Å². The van der Waals surface area contributed by atoms with Gasteiger partial charge in [0.05, 0.1) is 0 Å². The number of hydrogen-bond acceptors (Lipinski definition) is 2. The second-order valence-electron chi connectivity index (χ2n) is 2.63. The molecule has 1 rings (SSSR count). The van der Waals surface area contributed by atoms with Crippen molar-refractivity contribution in [3.8, 4) is 11.8 Å². The predicted molar refractivity (Wildman–Crippen MR) is 53.2 cm³/mol. The summed E-state index contributed by atoms with van der Waals surface area (Å²) in [6, 6.07) is 9.55. The first-order valence-electron chi connectivity index (χ1n) is 4.24. The molecule has 1 aromatic carbocycles. The normalized spacial score (nSPS) is 8.64. The number of amides is 1. The van der Waals surface area contributed by atoms with Gasteiger partial charge in [-0.3, -0.25) is 4.79 Å². The third-order valence-corrected chi connectivity index (χ3v) is 1.58. The highest BCUT2D eigenvalue weighted by Gasteiger charge is 1.94. The molecule has 0 spiro atoms. The van der Waals surface area contributed by atoms with Crippen LogP contribution in [0.2, 0.25) is 0 Å². The standard InChI is InChI=1S/C11H11NO2/c13-8-4-7-11(14)12-9-10-5-2-1-3-6-10/h1-3,5-6,13H,8-9H2,(H,12,14). The van der Waals surface area contributed by atoms with Gasteiger partial charge in [0.15, 0.2) is 0 Å². The summed E-state index contributed by atoms with van der Waals surface area (Å²) in [5.74, 6) is 4.16. The minimum atomic E-state index is -0.372. The summed E-state index contributed by atoms with van der Waals surface area (Å²) in [6.45, 7) is 0.165. The van der Waals surface area contributed by atoms with Crippen molar-refractivity contribution >= 4 is 5.91 Å². The van der Waals surface area contributed by atoms with Crippen LogP contribution in [0.4, 0.5) is 0 Å². The Balaban J connectivity index is 2.38. The molecule has 0 aliphatic heterocycles. The Bertz CT molecular complexity index is 349. The molecule has 1 aromatic rings. The van der Waals surface area contributed by atoms with Crippen LogP contribution in [0, 0.1) is 11.8 Å². The quantitative estimate of drug-likeness (QED) is 0.657. The van der Waals surface area contributed by atoms with Crippen LogP contribution in [0.25, 0.3) is 0 Å². The molecule has 2 N–H and O–H groups in total. The summed E-state index contributed by atoms with van der Waals surface area (Å²) >= 11 is 0. The van der Waals surface area contributed by atoms with Gasteiger partial charge in [-0.1, -0.05) is 36.3 Å². The van der Waals surface area contributed by atoms with Gasteiger partial charge in [0, 0.05) is 6.54 Å². The van der Waals surface area contributed by atoms with Crippen molar-refractivity contribution in [1.29, 1.82) is 0 Å². The molecule has 0 aromatic heterocycles. The molecule has 0 saturated carbocycles. The average Bonchev–Trinajstić information content (AvgIpc) is 2.25. The van der Waals surface area contributed by atoms with Gasteiger partial charge in [-0.05, 0) is 11.5 Å². The zero-order valence-electron chi connectivity index (χ0n) is 7.66. The molecule has 0 aliphatic rings. The third-order valence-electron chi connectivity index (χ3n) is 1.58. The van der Waals surface area contributed by atoms with E-state index in [4.69, 9.17) is 5.11 Å². The van der Waals surface area contributed by atoms with Gasteiger partial charge in [0.2, 0.25) is 0 Å². The van der Waals surface area contributed by atoms with Crippen molar-refractivity contribution in [1.82, 2.24) is 5.32 Å². The maximum absolute atomic E-state index is 11.0. The highest BCUT2D eigenvalue weighted by molar-refractivity contribution is 5.93. The minimum Gasteiger partial charge on any atom is -0.384 e. The van der Waals surface area contributed by atoms with E-state index in [1.54, 1.807) is 0 Å². The number of benzene rings is 1. The first-order chi connectivity index (χ1) is 6.83. The molecule has 3 heteroatoms. The first-order valence-corrected chi connectivity index (χ1v) is 4.24. The zero-order valence-corrected chi connectivity index (χ0v) is 7.66. The van der Waals surface area contributed by atoms with Crippen LogP contribution in [-0.2, 0) is 11.3 Å². The number of carbonyl (C=O) groups excluding carboxylic acids is 1. The van der Waals surface area contributed by atoms with E-state index < -0.39 is 0 Å². The number of aliphatic hydroxyl groups is 1. The van der Waals surface area contributed by atoms with Crippen LogP contribution in [0.3, 0.4) is 0 Å². The summed E-state index contributed by atoms with van der Waals surface area (Å²) in [7, 11) is 0. The highest BCUT2D eigenvalue weighted by Crippen LogP contribution is 1.96. The van der Waals surface area contributed by atoms with Gasteiger partial charge in [-0.2, -0.15) is 0 Å². The van der Waals surface area contributed by atoms with Crippen LogP contribution < -0.4 is 5.32 Å². The topological polar surface area (TPSA) is 49.3 Å². The van der Waals surface area contributed by atoms with Crippen LogP contribution in [0.15, 0.2) is 30.3 Å². The van der Waals surface area contributed by atoms with Gasteiger partial charge in [0.25, 0.3) is 5.91 Å². The first kappa shape index (κ1) is 10.3. The van der Waals surface area contributed by atoms with Gasteiger partial charge in [-0.15, -0.1) is 0 Å². The van der Waals surface area contributed by atoms with E-state index in [1.807, 2.05) is 30.3 Å². The van der Waals surface area contributed by atoms with Crippen LogP contribution in [-0.4, -0.2) is 17.6 Å². The number of aliphatic hydroxyl groups excluding tert-OH is 1. The summed E-state index contributed by atoms with van der Waals surface area (Å²) in [4.78, 5) is 11.0. The Kier molecular flexibility index (Phi) is 4.25. The molecule has 3 nitrogen and oxygen atoms in total. The van der Waals surface area contributed by atoms with E-state index >= 15 is 0 Å². The largest absolute Gasteiger partial charge is 0.384 e. The summed E-state index contributed by atoms with van der Waals surface area (Å²) in [5.41, 5.74) is 1.02. The molecule has 0 fully saturated rings. The zero-order chi connectivity index (χ0) is 10.2. The van der Waals surface area contributed by atoms with E-state index in [2.05, 4.69) is 17.2 Å². The van der Waals surface area contributed by atoms with Crippen molar-refractivity contribution in [2.45, 2.75) is 6.54 Å². The van der Waals surface area contributed by atoms with Crippen LogP contribution >= 0.6 is 0 Å². The van der Waals surface area contributed by atoms with Gasteiger partial charge in [-0.25, -0.2) is 0 Å². The maximum Gasteiger partial charge on any atom is 0.296 e. The summed E-state index contributed by atoms with van der Waals surface area (Å²) in [6.07, 6.45) is 0. The highest BCUT2D eigenvalue weighted by atomic mass is 16.2. The van der Waals surface area contributed by atoms with E-state index in [-0.39, 0.29) is 12.5 Å². The molecule has 14 heavy (non-hydrogen) atoms. The fraction of sp³-hybridized carbons (Fsp3) is 0.182. The van der Waals surface area contributed by atoms with Crippen molar-refractivity contribution in [3.63, 3.8) is 0 Å². The lowest BCUT2D eigenvalue weighted by Gasteiger charge is -1.99. The van der Waals surface area contributed by atoms with Crippen LogP contribution in [0.5, 0.6) is 0 Å². The lowest BCUT2D eigenvalue weighted by Crippen LogP contribution is -2.20. The predicted octanol–water partition coefficient (Wildman–Crippen LogP) is 0.298. The summed E-state index contributed by atoms with van der Waals surface area (Å²) in [5, 5.41) is 11.0. The van der Waals surface area contributed by atoms with E-state index in [9.17, 15) is 4.79 Å². The van der Waals surface area contributed by atoms with E-state index in [1.165, 1.54) is 0 Å². The fourth-order valence-corrected chi connectivity index (χ4v) is 0.942. The molecule has 0 saturated heterocycles. The molecule has 0 unspecified atom stereocenters. The number of rotatable bonds is 2. The Labute approximate surface area is 82.8 Å². The average molecular weight is 189 g/mol. The molecular formula is C11H11NO2. The van der Waals surface area contributed by atoms with Crippen molar-refractivity contribution in [3.05, 3.63) is 35.9 Å². The Hall–Kier alpha value is -1.79. The third kappa shape index (κ3) is 3.74. The lowest BCUT2D eigenvalue weighted by molar-refractivity contribution is -0.115. The fourth-order valence-electron chi connectivity index (χ4n) is 0.942. The van der Waals surface area contributed by atoms with Gasteiger partial charge >= 0.3 is 0 Å². The Morgan fingerprint density at radius 1 is 1.36 bits per heavy atom. The second kappa shape index (κ2) is 5.79. The Morgan fingerprint density at radius 2 is 2.07 bits per heavy atom. The van der Waals surface area contributed by atoms with E-state index in [0.29, 0.717) is 6.54 Å². The van der Waals surface area contributed by atoms with Gasteiger partial charge < -0.3 is 10.4 Å². The van der Waals surface area contributed by atoms with Crippen molar-refractivity contribution in [2.75, 3.05) is 6.61 Å². The Morgan fingerprint density at radius 3 is 2.71 bits per heavy atom. The molecule has 0 bridgehead atoms. The molecule has 0 aliphatic carbocycles. The van der Waals surface area contributed by atoms with Crippen LogP contribution in [0.1, 0.15) is 5.56 Å². The molecule has 72 valence electrons. The number of hydrogen-bond donors (Lipinski definition) is 2. The molecular weight excluding hydrogens is 178 g/mol. The lowest BCUT2D eigenvalue weighted by atomic mass is 10.2. The minimum absolute atomic E-state index is 0.293.